The van der Waals surface area contributed by atoms with E-state index < -0.39 is 0 Å². The monoisotopic (exact) mass is 341 g/mol. The van der Waals surface area contributed by atoms with Crippen LogP contribution in [-0.4, -0.2) is 25.8 Å². The van der Waals surface area contributed by atoms with E-state index >= 15 is 0 Å². The smallest absolute Gasteiger partial charge is 0 e. The molecule has 16 heavy (non-hydrogen) atoms. The van der Waals surface area contributed by atoms with Crippen LogP contribution in [0.1, 0.15) is 0 Å². The summed E-state index contributed by atoms with van der Waals surface area (Å²) in [7, 11) is 0. The minimum Gasteiger partial charge on any atom is -0.753 e. The molecule has 0 saturated heterocycles. The molecule has 0 rings (SSSR count). The van der Waals surface area contributed by atoms with E-state index in [1.54, 1.807) is 0 Å². The van der Waals surface area contributed by atoms with Gasteiger partial charge in [0.25, 0.3) is 0 Å². The SMILES string of the molecule is [N-]=C=S.[N-]=C=S.[N-]=C=S.[N-]=C=S.[N-]=C=S.[V]. The van der Waals surface area contributed by atoms with E-state index in [0.29, 0.717) is 0 Å². The second-order valence-electron chi connectivity index (χ2n) is 0.456. The fraction of sp³-hybridized carbons (Fsp3) is 0. The van der Waals surface area contributed by atoms with E-state index in [-0.39, 0.29) is 18.6 Å². The second kappa shape index (κ2) is 128. The van der Waals surface area contributed by atoms with Crippen molar-refractivity contribution in [3.63, 3.8) is 0 Å². The van der Waals surface area contributed by atoms with Gasteiger partial charge in [0.15, 0.2) is 0 Å². The number of hydrogen-bond donors (Lipinski definition) is 0. The molecule has 11 heteroatoms. The van der Waals surface area contributed by atoms with Crippen molar-refractivity contribution in [1.82, 2.24) is 0 Å². The van der Waals surface area contributed by atoms with E-state index in [2.05, 4.69) is 61.1 Å². The number of hydrogen-bond acceptors (Lipinski definition) is 5. The van der Waals surface area contributed by atoms with Crippen molar-refractivity contribution in [2.24, 2.45) is 0 Å². The maximum Gasteiger partial charge on any atom is 0 e. The Bertz CT molecular complexity index is 204. The van der Waals surface area contributed by atoms with Gasteiger partial charge in [-0.1, -0.05) is 61.1 Å². The van der Waals surface area contributed by atoms with Gasteiger partial charge in [-0.05, 0) is 0 Å². The Morgan fingerprint density at radius 2 is 0.438 bits per heavy atom. The quantitative estimate of drug-likeness (QED) is 0.496. The van der Waals surface area contributed by atoms with E-state index in [1.807, 2.05) is 0 Å². The van der Waals surface area contributed by atoms with Gasteiger partial charge in [-0.25, -0.2) is 0 Å². The van der Waals surface area contributed by atoms with Crippen molar-refractivity contribution in [2.45, 2.75) is 0 Å². The minimum atomic E-state index is 0. The topological polar surface area (TPSA) is 112 Å². The molecule has 5 nitrogen and oxygen atoms in total. The molecule has 0 aliphatic rings. The Balaban J connectivity index is -0.0000000192. The van der Waals surface area contributed by atoms with Crippen molar-refractivity contribution >= 4 is 86.9 Å². The van der Waals surface area contributed by atoms with Crippen LogP contribution >= 0.6 is 61.1 Å². The Morgan fingerprint density at radius 3 is 0.438 bits per heavy atom. The summed E-state index contributed by atoms with van der Waals surface area (Å²) in [5.41, 5.74) is 0. The molecule has 0 fully saturated rings. The normalized spacial score (nSPS) is 2.50. The summed E-state index contributed by atoms with van der Waals surface area (Å²) < 4.78 is 0. The van der Waals surface area contributed by atoms with Crippen LogP contribution in [0.2, 0.25) is 0 Å². The van der Waals surface area contributed by atoms with Crippen molar-refractivity contribution in [2.75, 3.05) is 0 Å². The summed E-state index contributed by atoms with van der Waals surface area (Å²) in [5.74, 6) is 0. The first-order valence-corrected chi connectivity index (χ1v) is 4.18. The van der Waals surface area contributed by atoms with Crippen molar-refractivity contribution in [1.29, 1.82) is 0 Å². The molecule has 0 aromatic carbocycles. The van der Waals surface area contributed by atoms with Crippen LogP contribution in [-0.2, 0) is 18.6 Å². The summed E-state index contributed by atoms with van der Waals surface area (Å²) in [4.78, 5) is 0. The predicted molar refractivity (Wildman–Crippen MR) is 79.8 cm³/mol. The summed E-state index contributed by atoms with van der Waals surface area (Å²) in [6, 6.07) is 0. The number of isothiocyanates is 5. The van der Waals surface area contributed by atoms with Gasteiger partial charge in [0.1, 0.15) is 0 Å². The molecule has 0 amide bonds. The fourth-order valence-corrected chi connectivity index (χ4v) is 0. The van der Waals surface area contributed by atoms with Crippen LogP contribution in [0.5, 0.6) is 0 Å². The van der Waals surface area contributed by atoms with E-state index in [1.165, 1.54) is 25.8 Å². The Labute approximate surface area is 131 Å². The van der Waals surface area contributed by atoms with E-state index in [0.717, 1.165) is 0 Å². The molecule has 0 aromatic heterocycles. The predicted octanol–water partition coefficient (Wildman–Crippen LogP) is 3.29. The zero-order chi connectivity index (χ0) is 13.5. The van der Waals surface area contributed by atoms with Crippen LogP contribution in [0.3, 0.4) is 0 Å². The van der Waals surface area contributed by atoms with Gasteiger partial charge in [0, 0.05) is 18.6 Å². The zero-order valence-electron chi connectivity index (χ0n) is 7.22. The Kier molecular flexibility index (Phi) is 289. The minimum absolute atomic E-state index is 0. The first-order valence-electron chi connectivity index (χ1n) is 2.14. The largest absolute Gasteiger partial charge is 0.753 e. The molecule has 1 radical (unpaired) electrons. The zero-order valence-corrected chi connectivity index (χ0v) is 12.7. The van der Waals surface area contributed by atoms with Gasteiger partial charge in [-0.3, -0.25) is 0 Å². The van der Waals surface area contributed by atoms with E-state index in [4.69, 9.17) is 27.0 Å². The second-order valence-corrected chi connectivity index (χ2v) is 1.37. The summed E-state index contributed by atoms with van der Waals surface area (Å²) in [6.07, 6.45) is 0. The standard InChI is InChI=1S/5CNS.V/c5*2-1-3;/q5*-1;. The van der Waals surface area contributed by atoms with Crippen molar-refractivity contribution in [3.05, 3.63) is 27.0 Å². The van der Waals surface area contributed by atoms with Crippen LogP contribution in [0.4, 0.5) is 0 Å². The van der Waals surface area contributed by atoms with Gasteiger partial charge >= 0.3 is 0 Å². The third-order valence-corrected chi connectivity index (χ3v) is 0. The third kappa shape index (κ3) is 12500. The van der Waals surface area contributed by atoms with Gasteiger partial charge in [0.05, 0.1) is 0 Å². The Morgan fingerprint density at radius 1 is 0.438 bits per heavy atom. The fourth-order valence-electron chi connectivity index (χ4n) is 0. The van der Waals surface area contributed by atoms with Crippen LogP contribution in [0.25, 0.3) is 27.0 Å². The van der Waals surface area contributed by atoms with Crippen LogP contribution in [0, 0.1) is 0 Å². The molecule has 0 unspecified atom stereocenters. The molecule has 0 bridgehead atoms. The molecule has 0 saturated carbocycles. The molecule has 0 atom stereocenters. The van der Waals surface area contributed by atoms with Gasteiger partial charge in [-0.2, -0.15) is 25.8 Å². The number of thiocarbonyl (C=S) groups is 5. The molecule has 0 aliphatic carbocycles. The maximum atomic E-state index is 7.13. The van der Waals surface area contributed by atoms with Gasteiger partial charge < -0.3 is 27.0 Å². The Hall–Kier alpha value is -0.416. The van der Waals surface area contributed by atoms with E-state index in [9.17, 15) is 0 Å². The molecule has 85 valence electrons. The van der Waals surface area contributed by atoms with Crippen LogP contribution in [0.15, 0.2) is 0 Å². The molecular formula is C5N5S5V-5. The maximum absolute atomic E-state index is 7.13. The summed E-state index contributed by atoms with van der Waals surface area (Å²) >= 11 is 18.5. The third-order valence-electron chi connectivity index (χ3n) is 0. The molecule has 0 spiro atoms. The molecule has 0 heterocycles. The molecular weight excluding hydrogens is 341 g/mol. The number of nitrogens with zero attached hydrogens (tertiary/aromatic N) is 5. The molecule has 0 N–H and O–H groups in total. The summed E-state index contributed by atoms with van der Waals surface area (Å²) in [6.45, 7) is 0. The average molecular weight is 341 g/mol. The van der Waals surface area contributed by atoms with Crippen molar-refractivity contribution in [3.8, 4) is 0 Å². The van der Waals surface area contributed by atoms with Gasteiger partial charge in [-0.15, -0.1) is 0 Å². The van der Waals surface area contributed by atoms with Gasteiger partial charge in [0.2, 0.25) is 0 Å². The summed E-state index contributed by atoms with van der Waals surface area (Å²) in [5, 5.41) is 42.3. The first-order chi connectivity index (χ1) is 7.07. The first kappa shape index (κ1) is 36.1. The van der Waals surface area contributed by atoms with Crippen molar-refractivity contribution < 1.29 is 18.6 Å². The molecule has 0 aliphatic heterocycles. The van der Waals surface area contributed by atoms with Crippen LogP contribution < -0.4 is 0 Å². The molecule has 0 aromatic rings. The average Bonchev–Trinajstić information content (AvgIpc) is 2.09. The number of rotatable bonds is 0.